The van der Waals surface area contributed by atoms with Crippen molar-refractivity contribution in [3.8, 4) is 17.2 Å². The van der Waals surface area contributed by atoms with Crippen molar-refractivity contribution in [2.24, 2.45) is 5.92 Å². The predicted molar refractivity (Wildman–Crippen MR) is 98.5 cm³/mol. The van der Waals surface area contributed by atoms with Crippen LogP contribution in [0, 0.1) is 28.9 Å². The van der Waals surface area contributed by atoms with Crippen LogP contribution in [-0.2, 0) is 11.2 Å². The van der Waals surface area contributed by atoms with Crippen molar-refractivity contribution in [2.75, 3.05) is 6.54 Å². The number of benzene rings is 2. The predicted octanol–water partition coefficient (Wildman–Crippen LogP) is 4.36. The lowest BCUT2D eigenvalue weighted by Gasteiger charge is -2.21. The fourth-order valence-electron chi connectivity index (χ4n) is 4.02. The second kappa shape index (κ2) is 6.96. The van der Waals surface area contributed by atoms with Gasteiger partial charge in [0.05, 0.1) is 11.6 Å². The Balaban J connectivity index is 1.93. The molecule has 3 nitrogen and oxygen atoms in total. The van der Waals surface area contributed by atoms with Crippen molar-refractivity contribution in [1.82, 2.24) is 5.32 Å². The summed E-state index contributed by atoms with van der Waals surface area (Å²) in [5, 5.41) is 12.3. The molecule has 0 radical (unpaired) electrons. The number of amides is 1. The van der Waals surface area contributed by atoms with E-state index in [4.69, 9.17) is 0 Å². The third kappa shape index (κ3) is 3.35. The number of nitrogens with one attached hydrogen (secondary N) is 1. The molecule has 2 aromatic rings. The van der Waals surface area contributed by atoms with Gasteiger partial charge in [-0.1, -0.05) is 6.07 Å². The second-order valence-corrected chi connectivity index (χ2v) is 7.17. The number of carbonyl (C=O) groups is 1. The number of halogens is 2. The van der Waals surface area contributed by atoms with Gasteiger partial charge in [0.15, 0.2) is 11.6 Å². The molecule has 27 heavy (non-hydrogen) atoms. The topological polar surface area (TPSA) is 52.9 Å². The van der Waals surface area contributed by atoms with Crippen molar-refractivity contribution < 1.29 is 13.6 Å². The first-order chi connectivity index (χ1) is 13.0. The molecule has 0 saturated carbocycles. The molecule has 0 aromatic heterocycles. The number of rotatable bonds is 1. The van der Waals surface area contributed by atoms with Gasteiger partial charge >= 0.3 is 0 Å². The van der Waals surface area contributed by atoms with E-state index in [-0.39, 0.29) is 5.91 Å². The van der Waals surface area contributed by atoms with Gasteiger partial charge in [-0.2, -0.15) is 5.26 Å². The van der Waals surface area contributed by atoms with Gasteiger partial charge in [-0.15, -0.1) is 0 Å². The van der Waals surface area contributed by atoms with Crippen LogP contribution in [0.3, 0.4) is 0 Å². The summed E-state index contributed by atoms with van der Waals surface area (Å²) in [5.74, 6) is -1.57. The van der Waals surface area contributed by atoms with Crippen molar-refractivity contribution in [3.63, 3.8) is 0 Å². The highest BCUT2D eigenvalue weighted by atomic mass is 19.2. The van der Waals surface area contributed by atoms with Gasteiger partial charge in [0.2, 0.25) is 5.91 Å². The van der Waals surface area contributed by atoms with Gasteiger partial charge in [-0.05, 0) is 84.2 Å². The highest BCUT2D eigenvalue weighted by Gasteiger charge is 2.26. The monoisotopic (exact) mass is 364 g/mol. The lowest BCUT2D eigenvalue weighted by atomic mass is 9.85. The summed E-state index contributed by atoms with van der Waals surface area (Å²) in [6, 6.07) is 9.43. The van der Waals surface area contributed by atoms with Crippen LogP contribution >= 0.6 is 0 Å². The quantitative estimate of drug-likeness (QED) is 0.817. The maximum absolute atomic E-state index is 13.8. The number of nitrogens with zero attached hydrogens (tertiary/aromatic N) is 1. The van der Waals surface area contributed by atoms with Crippen LogP contribution in [0.2, 0.25) is 0 Å². The zero-order chi connectivity index (χ0) is 19.0. The first-order valence-electron chi connectivity index (χ1n) is 9.06. The summed E-state index contributed by atoms with van der Waals surface area (Å²) in [6.07, 6.45) is 5.16. The minimum Gasteiger partial charge on any atom is -0.352 e. The van der Waals surface area contributed by atoms with Crippen molar-refractivity contribution in [3.05, 3.63) is 64.2 Å². The molecule has 2 bridgehead atoms. The summed E-state index contributed by atoms with van der Waals surface area (Å²) >= 11 is 0. The maximum Gasteiger partial charge on any atom is 0.247 e. The molecule has 1 aliphatic carbocycles. The molecule has 1 heterocycles. The van der Waals surface area contributed by atoms with E-state index in [2.05, 4.69) is 11.4 Å². The van der Waals surface area contributed by atoms with Crippen molar-refractivity contribution >= 4 is 12.0 Å². The third-order valence-electron chi connectivity index (χ3n) is 5.34. The summed E-state index contributed by atoms with van der Waals surface area (Å²) in [7, 11) is 0. The molecule has 5 heteroatoms. The Bertz CT molecular complexity index is 1000. The number of fused-ring (bicyclic) bond motifs is 3. The van der Waals surface area contributed by atoms with Crippen LogP contribution < -0.4 is 5.32 Å². The lowest BCUT2D eigenvalue weighted by molar-refractivity contribution is -0.117. The first kappa shape index (κ1) is 17.4. The number of carbonyl (C=O) groups excluding carboxylic acids is 1. The number of hydrogen-bond donors (Lipinski definition) is 1. The molecule has 1 atom stereocenters. The number of nitriles is 1. The zero-order valence-corrected chi connectivity index (χ0v) is 14.7. The van der Waals surface area contributed by atoms with E-state index in [1.54, 1.807) is 12.1 Å². The Hall–Kier alpha value is -3.00. The average Bonchev–Trinajstić information content (AvgIpc) is 2.85. The van der Waals surface area contributed by atoms with E-state index in [0.717, 1.165) is 42.0 Å². The molecule has 136 valence electrons. The van der Waals surface area contributed by atoms with E-state index in [1.807, 2.05) is 6.08 Å². The zero-order valence-electron chi connectivity index (χ0n) is 14.7. The molecule has 1 N–H and O–H groups in total. The molecule has 4 rings (SSSR count). The average molecular weight is 364 g/mol. The van der Waals surface area contributed by atoms with Gasteiger partial charge in [0.1, 0.15) is 0 Å². The third-order valence-corrected chi connectivity index (χ3v) is 5.34. The molecule has 2 aliphatic rings. The van der Waals surface area contributed by atoms with Crippen LogP contribution in [0.15, 0.2) is 35.9 Å². The van der Waals surface area contributed by atoms with E-state index in [0.29, 0.717) is 35.6 Å². The Morgan fingerprint density at radius 1 is 1.11 bits per heavy atom. The first-order valence-corrected chi connectivity index (χ1v) is 9.06. The Morgan fingerprint density at radius 2 is 1.96 bits per heavy atom. The Kier molecular flexibility index (Phi) is 4.49. The van der Waals surface area contributed by atoms with E-state index in [1.165, 1.54) is 12.1 Å². The van der Waals surface area contributed by atoms with Gasteiger partial charge in [-0.25, -0.2) is 8.78 Å². The van der Waals surface area contributed by atoms with Gasteiger partial charge in [-0.3, -0.25) is 4.79 Å². The molecule has 1 aliphatic heterocycles. The molecule has 1 amide bonds. The molecule has 1 saturated heterocycles. The molecule has 0 spiro atoms. The summed E-state index contributed by atoms with van der Waals surface area (Å²) in [4.78, 5) is 12.4. The van der Waals surface area contributed by atoms with E-state index in [9.17, 15) is 18.8 Å². The largest absolute Gasteiger partial charge is 0.352 e. The van der Waals surface area contributed by atoms with Crippen LogP contribution in [0.1, 0.15) is 36.0 Å². The smallest absolute Gasteiger partial charge is 0.247 e. The standard InChI is InChI=1S/C22H18F2N2O/c23-20-4-3-15(11-21(20)24)18-9-14(12-25)7-16-10-17-6-13(8-19(16)18)2-1-5-26-22(17)27/h3-4,7,9-11,13H,1-2,5-6,8H2,(H,26,27). The fourth-order valence-corrected chi connectivity index (χ4v) is 4.02. The fraction of sp³-hybridized carbons (Fsp3) is 0.273. The number of hydrogen-bond acceptors (Lipinski definition) is 2. The highest BCUT2D eigenvalue weighted by molar-refractivity contribution is 5.98. The van der Waals surface area contributed by atoms with Gasteiger partial charge in [0.25, 0.3) is 0 Å². The van der Waals surface area contributed by atoms with E-state index >= 15 is 0 Å². The van der Waals surface area contributed by atoms with Gasteiger partial charge in [0, 0.05) is 12.1 Å². The summed E-state index contributed by atoms with van der Waals surface area (Å²) in [5.41, 5.74) is 4.20. The van der Waals surface area contributed by atoms with Crippen LogP contribution in [-0.4, -0.2) is 12.5 Å². The van der Waals surface area contributed by atoms with E-state index < -0.39 is 11.6 Å². The maximum atomic E-state index is 13.8. The molecular weight excluding hydrogens is 346 g/mol. The Morgan fingerprint density at radius 3 is 2.74 bits per heavy atom. The molecule has 1 fully saturated rings. The highest BCUT2D eigenvalue weighted by Crippen LogP contribution is 2.37. The Labute approximate surface area is 156 Å². The molecule has 2 aromatic carbocycles. The lowest BCUT2D eigenvalue weighted by Crippen LogP contribution is -2.29. The normalized spacial score (nSPS) is 18.9. The summed E-state index contributed by atoms with van der Waals surface area (Å²) < 4.78 is 27.2. The van der Waals surface area contributed by atoms with Crippen LogP contribution in [0.5, 0.6) is 0 Å². The van der Waals surface area contributed by atoms with Crippen molar-refractivity contribution in [1.29, 1.82) is 5.26 Å². The summed E-state index contributed by atoms with van der Waals surface area (Å²) in [6.45, 7) is 0.655. The minimum absolute atomic E-state index is 0.0655. The van der Waals surface area contributed by atoms with Gasteiger partial charge < -0.3 is 5.32 Å². The molecule has 1 unspecified atom stereocenters. The second-order valence-electron chi connectivity index (χ2n) is 7.17. The van der Waals surface area contributed by atoms with Crippen LogP contribution in [0.4, 0.5) is 8.78 Å². The van der Waals surface area contributed by atoms with Crippen molar-refractivity contribution in [2.45, 2.75) is 25.7 Å². The van der Waals surface area contributed by atoms with Crippen LogP contribution in [0.25, 0.3) is 17.2 Å². The minimum atomic E-state index is -0.915. The molecular formula is C22H18F2N2O. The SMILES string of the molecule is N#Cc1cc2c(c(-c3ccc(F)c(F)c3)c1)CC1CCCNC(=O)C(=C2)C1.